The summed E-state index contributed by atoms with van der Waals surface area (Å²) >= 11 is 0. The van der Waals surface area contributed by atoms with E-state index in [1.54, 1.807) is 29.1 Å². The fourth-order valence-electron chi connectivity index (χ4n) is 1.68. The van der Waals surface area contributed by atoms with Crippen LogP contribution in [0.25, 0.3) is 11.0 Å². The molecule has 0 amide bonds. The van der Waals surface area contributed by atoms with Crippen LogP contribution in [0.2, 0.25) is 0 Å². The summed E-state index contributed by atoms with van der Waals surface area (Å²) in [5.74, 6) is 0.0334. The van der Waals surface area contributed by atoms with Crippen molar-refractivity contribution in [2.24, 2.45) is 0 Å². The third-order valence-electron chi connectivity index (χ3n) is 2.49. The van der Waals surface area contributed by atoms with Crippen molar-refractivity contribution >= 4 is 27.2 Å². The van der Waals surface area contributed by atoms with Crippen LogP contribution in [0.3, 0.4) is 0 Å². The van der Waals surface area contributed by atoms with Gasteiger partial charge in [0.15, 0.2) is 6.29 Å². The minimum Gasteiger partial charge on any atom is -0.331 e. The van der Waals surface area contributed by atoms with Crippen LogP contribution in [-0.4, -0.2) is 36.3 Å². The second kappa shape index (κ2) is 4.29. The van der Waals surface area contributed by atoms with E-state index in [0.717, 1.165) is 11.7 Å². The van der Waals surface area contributed by atoms with Crippen LogP contribution >= 0.6 is 0 Å². The van der Waals surface area contributed by atoms with Gasteiger partial charge in [0.1, 0.15) is 15.5 Å². The van der Waals surface area contributed by atoms with Gasteiger partial charge in [-0.05, 0) is 12.1 Å². The molecule has 0 radical (unpaired) electrons. The van der Waals surface area contributed by atoms with Crippen molar-refractivity contribution in [3.8, 4) is 0 Å². The Morgan fingerprint density at radius 2 is 2.24 bits per heavy atom. The highest BCUT2D eigenvalue weighted by atomic mass is 32.2. The molecule has 0 saturated heterocycles. The van der Waals surface area contributed by atoms with E-state index in [1.165, 1.54) is 6.26 Å². The first-order valence-electron chi connectivity index (χ1n) is 5.08. The number of hydrogen-bond acceptors (Lipinski definition) is 4. The van der Waals surface area contributed by atoms with E-state index in [-0.39, 0.29) is 5.75 Å². The number of carbonyl (C=O) groups excluding carboxylic acids is 1. The Kier molecular flexibility index (Phi) is 2.97. The SMILES string of the molecule is CS(=O)(=O)CCn1cc(C=O)c2cccnc21. The summed E-state index contributed by atoms with van der Waals surface area (Å²) in [5, 5.41) is 0.746. The molecule has 0 aliphatic carbocycles. The topological polar surface area (TPSA) is 69.0 Å². The van der Waals surface area contributed by atoms with Crippen LogP contribution in [0.15, 0.2) is 24.5 Å². The summed E-state index contributed by atoms with van der Waals surface area (Å²) in [6.45, 7) is 0.306. The molecule has 5 nitrogen and oxygen atoms in total. The highest BCUT2D eigenvalue weighted by molar-refractivity contribution is 7.90. The zero-order valence-electron chi connectivity index (χ0n) is 9.33. The van der Waals surface area contributed by atoms with Gasteiger partial charge in [0, 0.05) is 36.1 Å². The molecule has 0 aliphatic heterocycles. The Bertz CT molecular complexity index is 658. The molecule has 0 saturated carbocycles. The Labute approximate surface area is 99.0 Å². The molecule has 17 heavy (non-hydrogen) atoms. The molecule has 90 valence electrons. The third kappa shape index (κ3) is 2.52. The number of rotatable bonds is 4. The lowest BCUT2D eigenvalue weighted by Gasteiger charge is -2.02. The van der Waals surface area contributed by atoms with Crippen molar-refractivity contribution in [3.63, 3.8) is 0 Å². The summed E-state index contributed by atoms with van der Waals surface area (Å²) in [6, 6.07) is 3.54. The molecule has 0 spiro atoms. The molecule has 2 heterocycles. The quantitative estimate of drug-likeness (QED) is 0.758. The van der Waals surface area contributed by atoms with Crippen LogP contribution < -0.4 is 0 Å². The molecule has 0 unspecified atom stereocenters. The molecule has 2 aromatic heterocycles. The summed E-state index contributed by atoms with van der Waals surface area (Å²) in [7, 11) is -3.03. The summed E-state index contributed by atoms with van der Waals surface area (Å²) in [6.07, 6.45) is 5.19. The lowest BCUT2D eigenvalue weighted by atomic mass is 10.2. The zero-order valence-corrected chi connectivity index (χ0v) is 10.1. The van der Waals surface area contributed by atoms with Crippen molar-refractivity contribution in [2.45, 2.75) is 6.54 Å². The summed E-state index contributed by atoms with van der Waals surface area (Å²) in [5.41, 5.74) is 1.17. The molecule has 2 rings (SSSR count). The number of sulfone groups is 1. The number of carbonyl (C=O) groups is 1. The molecule has 0 aromatic carbocycles. The number of hydrogen-bond donors (Lipinski definition) is 0. The van der Waals surface area contributed by atoms with Gasteiger partial charge in [-0.3, -0.25) is 4.79 Å². The van der Waals surface area contributed by atoms with Crippen LogP contribution in [0.5, 0.6) is 0 Å². The fourth-order valence-corrected chi connectivity index (χ4v) is 2.21. The van der Waals surface area contributed by atoms with E-state index in [9.17, 15) is 13.2 Å². The Morgan fingerprint density at radius 3 is 2.88 bits per heavy atom. The van der Waals surface area contributed by atoms with E-state index in [1.807, 2.05) is 0 Å². The largest absolute Gasteiger partial charge is 0.331 e. The van der Waals surface area contributed by atoms with Crippen molar-refractivity contribution in [2.75, 3.05) is 12.0 Å². The van der Waals surface area contributed by atoms with Crippen molar-refractivity contribution in [3.05, 3.63) is 30.1 Å². The van der Waals surface area contributed by atoms with Gasteiger partial charge in [0.2, 0.25) is 0 Å². The van der Waals surface area contributed by atoms with Crippen molar-refractivity contribution in [1.82, 2.24) is 9.55 Å². The van der Waals surface area contributed by atoms with E-state index in [0.29, 0.717) is 17.8 Å². The maximum absolute atomic E-state index is 11.1. The normalized spacial score (nSPS) is 11.8. The number of aryl methyl sites for hydroxylation is 1. The smallest absolute Gasteiger partial charge is 0.152 e. The van der Waals surface area contributed by atoms with E-state index in [4.69, 9.17) is 0 Å². The maximum Gasteiger partial charge on any atom is 0.152 e. The predicted octanol–water partition coefficient (Wildman–Crippen LogP) is 0.893. The molecule has 0 atom stereocenters. The monoisotopic (exact) mass is 252 g/mol. The number of aromatic nitrogens is 2. The number of pyridine rings is 1. The minimum absolute atomic E-state index is 0.0334. The van der Waals surface area contributed by atoms with Gasteiger partial charge in [0.05, 0.1) is 5.75 Å². The van der Waals surface area contributed by atoms with E-state index in [2.05, 4.69) is 4.98 Å². The Balaban J connectivity index is 2.44. The van der Waals surface area contributed by atoms with Gasteiger partial charge in [-0.1, -0.05) is 0 Å². The highest BCUT2D eigenvalue weighted by Crippen LogP contribution is 2.17. The summed E-state index contributed by atoms with van der Waals surface area (Å²) < 4.78 is 23.9. The van der Waals surface area contributed by atoms with Crippen LogP contribution in [-0.2, 0) is 16.4 Å². The maximum atomic E-state index is 11.1. The van der Waals surface area contributed by atoms with E-state index < -0.39 is 9.84 Å². The van der Waals surface area contributed by atoms with Crippen LogP contribution in [0.1, 0.15) is 10.4 Å². The molecule has 0 aliphatic rings. The van der Waals surface area contributed by atoms with Crippen molar-refractivity contribution in [1.29, 1.82) is 0 Å². The molecule has 0 N–H and O–H groups in total. The molecular weight excluding hydrogens is 240 g/mol. The average molecular weight is 252 g/mol. The fraction of sp³-hybridized carbons (Fsp3) is 0.273. The van der Waals surface area contributed by atoms with Gasteiger partial charge in [-0.2, -0.15) is 0 Å². The van der Waals surface area contributed by atoms with E-state index >= 15 is 0 Å². The first-order chi connectivity index (χ1) is 8.01. The zero-order chi connectivity index (χ0) is 12.5. The molecule has 0 bridgehead atoms. The van der Waals surface area contributed by atoms with Gasteiger partial charge in [-0.25, -0.2) is 13.4 Å². The van der Waals surface area contributed by atoms with Gasteiger partial charge in [-0.15, -0.1) is 0 Å². The Morgan fingerprint density at radius 1 is 1.47 bits per heavy atom. The van der Waals surface area contributed by atoms with Crippen LogP contribution in [0, 0.1) is 0 Å². The number of fused-ring (bicyclic) bond motifs is 1. The predicted molar refractivity (Wildman–Crippen MR) is 64.8 cm³/mol. The number of aldehydes is 1. The average Bonchev–Trinajstić information content (AvgIpc) is 2.64. The Hall–Kier alpha value is -1.69. The van der Waals surface area contributed by atoms with Gasteiger partial charge in [0.25, 0.3) is 0 Å². The lowest BCUT2D eigenvalue weighted by molar-refractivity contribution is 0.112. The first-order valence-corrected chi connectivity index (χ1v) is 7.14. The first kappa shape index (κ1) is 11.8. The van der Waals surface area contributed by atoms with Gasteiger partial charge >= 0.3 is 0 Å². The standard InChI is InChI=1S/C11H12N2O3S/c1-17(15,16)6-5-13-7-9(8-14)10-3-2-4-12-11(10)13/h2-4,7-8H,5-6H2,1H3. The summed E-state index contributed by atoms with van der Waals surface area (Å²) in [4.78, 5) is 15.0. The third-order valence-corrected chi connectivity index (χ3v) is 3.42. The lowest BCUT2D eigenvalue weighted by Crippen LogP contribution is -2.10. The minimum atomic E-state index is -3.03. The highest BCUT2D eigenvalue weighted by Gasteiger charge is 2.10. The second-order valence-electron chi connectivity index (χ2n) is 3.90. The van der Waals surface area contributed by atoms with Crippen LogP contribution in [0.4, 0.5) is 0 Å². The van der Waals surface area contributed by atoms with Gasteiger partial charge < -0.3 is 4.57 Å². The second-order valence-corrected chi connectivity index (χ2v) is 6.16. The number of nitrogens with zero attached hydrogens (tertiary/aromatic N) is 2. The molecular formula is C11H12N2O3S. The molecule has 0 fully saturated rings. The van der Waals surface area contributed by atoms with Crippen molar-refractivity contribution < 1.29 is 13.2 Å². The molecule has 2 aromatic rings. The molecule has 6 heteroatoms.